The van der Waals surface area contributed by atoms with Crippen LogP contribution < -0.4 is 11.3 Å². The van der Waals surface area contributed by atoms with Crippen molar-refractivity contribution >= 4 is 24.1 Å². The maximum Gasteiger partial charge on any atom is 0.323 e. The highest BCUT2D eigenvalue weighted by atomic mass is 35.5. The largest absolute Gasteiger partial charge is 0.480 e. The summed E-state index contributed by atoms with van der Waals surface area (Å²) in [7, 11) is 0. The maximum atomic E-state index is 11.0. The predicted octanol–water partition coefficient (Wildman–Crippen LogP) is -0.0631. The Balaban J connectivity index is 0.00000144. The molecule has 0 aliphatic heterocycles. The molecule has 0 spiro atoms. The van der Waals surface area contributed by atoms with E-state index < -0.39 is 5.97 Å². The molecule has 6 heteroatoms. The smallest absolute Gasteiger partial charge is 0.323 e. The summed E-state index contributed by atoms with van der Waals surface area (Å²) in [6.45, 7) is -0.357. The van der Waals surface area contributed by atoms with E-state index in [1.165, 1.54) is 18.3 Å². The molecule has 1 aromatic rings. The van der Waals surface area contributed by atoms with E-state index in [4.69, 9.17) is 10.8 Å². The number of hydrogen-bond acceptors (Lipinski definition) is 3. The first-order valence-electron chi connectivity index (χ1n) is 3.27. The van der Waals surface area contributed by atoms with Gasteiger partial charge in [0.2, 0.25) is 0 Å². The van der Waals surface area contributed by atoms with Crippen LogP contribution in [0.3, 0.4) is 0 Å². The Labute approximate surface area is 80.2 Å². The Bertz CT molecular complexity index is 361. The molecule has 5 nitrogen and oxygen atoms in total. The lowest BCUT2D eigenvalue weighted by Gasteiger charge is -2.01. The summed E-state index contributed by atoms with van der Waals surface area (Å²) in [5.41, 5.74) is 5.35. The van der Waals surface area contributed by atoms with E-state index in [1.54, 1.807) is 0 Å². The molecule has 1 aromatic heterocycles. The number of halogens is 1. The Morgan fingerprint density at radius 2 is 2.15 bits per heavy atom. The zero-order valence-corrected chi connectivity index (χ0v) is 7.45. The summed E-state index contributed by atoms with van der Waals surface area (Å²) in [4.78, 5) is 21.2. The number of aliphatic carboxylic acids is 1. The second-order valence-corrected chi connectivity index (χ2v) is 2.32. The van der Waals surface area contributed by atoms with E-state index in [2.05, 4.69) is 0 Å². The molecule has 0 unspecified atom stereocenters. The molecule has 0 bridgehead atoms. The Morgan fingerprint density at radius 3 is 2.69 bits per heavy atom. The lowest BCUT2D eigenvalue weighted by atomic mass is 10.4. The lowest BCUT2D eigenvalue weighted by molar-refractivity contribution is -0.137. The number of nitrogens with two attached hydrogens (primary N) is 1. The van der Waals surface area contributed by atoms with E-state index in [-0.39, 0.29) is 24.5 Å². The van der Waals surface area contributed by atoms with Crippen LogP contribution in [0.4, 0.5) is 5.69 Å². The second-order valence-electron chi connectivity index (χ2n) is 2.32. The van der Waals surface area contributed by atoms with Gasteiger partial charge >= 0.3 is 5.97 Å². The third-order valence-electron chi connectivity index (χ3n) is 1.31. The number of carbonyl (C=O) groups is 1. The quantitative estimate of drug-likeness (QED) is 0.707. The first-order chi connectivity index (χ1) is 5.59. The number of rotatable bonds is 2. The van der Waals surface area contributed by atoms with Crippen molar-refractivity contribution < 1.29 is 9.90 Å². The highest BCUT2D eigenvalue weighted by molar-refractivity contribution is 5.85. The van der Waals surface area contributed by atoms with Crippen molar-refractivity contribution in [2.45, 2.75) is 6.54 Å². The zero-order chi connectivity index (χ0) is 9.14. The molecule has 0 aliphatic carbocycles. The monoisotopic (exact) mass is 204 g/mol. The van der Waals surface area contributed by atoms with Crippen molar-refractivity contribution in [1.29, 1.82) is 0 Å². The number of carboxylic acid groups (broad SMARTS) is 1. The molecule has 0 aromatic carbocycles. The minimum Gasteiger partial charge on any atom is -0.480 e. The summed E-state index contributed by atoms with van der Waals surface area (Å²) < 4.78 is 1.04. The fraction of sp³-hybridized carbons (Fsp3) is 0.143. The van der Waals surface area contributed by atoms with E-state index in [0.717, 1.165) is 4.57 Å². The number of nitrogens with zero attached hydrogens (tertiary/aromatic N) is 1. The van der Waals surface area contributed by atoms with Gasteiger partial charge in [-0.15, -0.1) is 12.4 Å². The second kappa shape index (κ2) is 4.51. The molecular weight excluding hydrogens is 196 g/mol. The average molecular weight is 205 g/mol. The molecule has 1 heterocycles. The number of anilines is 1. The fourth-order valence-electron chi connectivity index (χ4n) is 0.819. The maximum absolute atomic E-state index is 11.0. The molecule has 0 amide bonds. The molecule has 0 radical (unpaired) electrons. The first-order valence-corrected chi connectivity index (χ1v) is 3.27. The van der Waals surface area contributed by atoms with Gasteiger partial charge in [-0.2, -0.15) is 0 Å². The van der Waals surface area contributed by atoms with Gasteiger partial charge in [0.1, 0.15) is 6.54 Å². The molecule has 0 saturated heterocycles. The third kappa shape index (κ3) is 3.16. The van der Waals surface area contributed by atoms with E-state index in [0.29, 0.717) is 5.69 Å². The van der Waals surface area contributed by atoms with Crippen LogP contribution in [0.5, 0.6) is 0 Å². The van der Waals surface area contributed by atoms with E-state index in [9.17, 15) is 9.59 Å². The van der Waals surface area contributed by atoms with Crippen LogP contribution in [-0.4, -0.2) is 15.6 Å². The van der Waals surface area contributed by atoms with Crippen molar-refractivity contribution in [3.8, 4) is 0 Å². The van der Waals surface area contributed by atoms with Gasteiger partial charge in [0.05, 0.1) is 0 Å². The summed E-state index contributed by atoms with van der Waals surface area (Å²) in [6.07, 6.45) is 1.30. The van der Waals surface area contributed by atoms with Crippen LogP contribution >= 0.6 is 12.4 Å². The van der Waals surface area contributed by atoms with Gasteiger partial charge in [-0.3, -0.25) is 9.59 Å². The highest BCUT2D eigenvalue weighted by Gasteiger charge is 2.00. The normalized spacial score (nSPS) is 8.92. The molecule has 0 saturated carbocycles. The predicted molar refractivity (Wildman–Crippen MR) is 50.0 cm³/mol. The average Bonchev–Trinajstić information content (AvgIpc) is 1.96. The van der Waals surface area contributed by atoms with Crippen LogP contribution in [0.25, 0.3) is 0 Å². The van der Waals surface area contributed by atoms with Gasteiger partial charge in [-0.1, -0.05) is 0 Å². The lowest BCUT2D eigenvalue weighted by Crippen LogP contribution is -2.22. The third-order valence-corrected chi connectivity index (χ3v) is 1.31. The summed E-state index contributed by atoms with van der Waals surface area (Å²) >= 11 is 0. The molecule has 0 atom stereocenters. The topological polar surface area (TPSA) is 85.3 Å². The van der Waals surface area contributed by atoms with Crippen molar-refractivity contribution in [2.75, 3.05) is 5.73 Å². The summed E-state index contributed by atoms with van der Waals surface area (Å²) in [5.74, 6) is -1.07. The van der Waals surface area contributed by atoms with Gasteiger partial charge in [0, 0.05) is 18.0 Å². The van der Waals surface area contributed by atoms with Gasteiger partial charge in [-0.25, -0.2) is 0 Å². The molecule has 1 rings (SSSR count). The molecule has 0 fully saturated rings. The van der Waals surface area contributed by atoms with Crippen LogP contribution in [0.1, 0.15) is 0 Å². The molecule has 0 aliphatic rings. The Hall–Kier alpha value is -1.49. The minimum atomic E-state index is -1.07. The number of carboxylic acids is 1. The number of aromatic nitrogens is 1. The van der Waals surface area contributed by atoms with Gasteiger partial charge in [-0.05, 0) is 6.07 Å². The fourth-order valence-corrected chi connectivity index (χ4v) is 0.819. The SMILES string of the molecule is Cl.Nc1ccc(=O)n(CC(=O)O)c1. The first kappa shape index (κ1) is 11.5. The van der Waals surface area contributed by atoms with Crippen molar-refractivity contribution in [1.82, 2.24) is 4.57 Å². The van der Waals surface area contributed by atoms with Gasteiger partial charge in [0.15, 0.2) is 0 Å². The minimum absolute atomic E-state index is 0. The standard InChI is InChI=1S/C7H8N2O3.ClH/c8-5-1-2-6(10)9(3-5)4-7(11)12;/h1-3H,4,8H2,(H,11,12);1H. The molecular formula is C7H9ClN2O3. The molecule has 3 N–H and O–H groups in total. The van der Waals surface area contributed by atoms with Crippen LogP contribution in [0.15, 0.2) is 23.1 Å². The Morgan fingerprint density at radius 1 is 1.54 bits per heavy atom. The van der Waals surface area contributed by atoms with E-state index >= 15 is 0 Å². The van der Waals surface area contributed by atoms with Crippen LogP contribution in [0.2, 0.25) is 0 Å². The van der Waals surface area contributed by atoms with Gasteiger partial charge < -0.3 is 15.4 Å². The van der Waals surface area contributed by atoms with Crippen LogP contribution in [-0.2, 0) is 11.3 Å². The van der Waals surface area contributed by atoms with Crippen molar-refractivity contribution in [2.24, 2.45) is 0 Å². The van der Waals surface area contributed by atoms with Crippen molar-refractivity contribution in [3.05, 3.63) is 28.7 Å². The van der Waals surface area contributed by atoms with Crippen LogP contribution in [0, 0.1) is 0 Å². The summed E-state index contributed by atoms with van der Waals surface area (Å²) in [5, 5.41) is 8.38. The number of hydrogen-bond donors (Lipinski definition) is 2. The summed E-state index contributed by atoms with van der Waals surface area (Å²) in [6, 6.07) is 2.67. The molecule has 72 valence electrons. The molecule has 13 heavy (non-hydrogen) atoms. The highest BCUT2D eigenvalue weighted by Crippen LogP contribution is 1.94. The number of nitrogen functional groups attached to an aromatic ring is 1. The zero-order valence-electron chi connectivity index (χ0n) is 6.64. The van der Waals surface area contributed by atoms with E-state index in [1.807, 2.05) is 0 Å². The van der Waals surface area contributed by atoms with Crippen molar-refractivity contribution in [3.63, 3.8) is 0 Å². The number of pyridine rings is 1. The van der Waals surface area contributed by atoms with Gasteiger partial charge in [0.25, 0.3) is 5.56 Å². The Kier molecular flexibility index (Phi) is 4.00.